The minimum Gasteiger partial charge on any atom is -0.462 e. The first-order valence-corrected chi connectivity index (χ1v) is 8.81. The number of carbonyl (C=O) groups is 1. The summed E-state index contributed by atoms with van der Waals surface area (Å²) in [4.78, 5) is 11.6. The van der Waals surface area contributed by atoms with Gasteiger partial charge in [-0.3, -0.25) is 0 Å². The zero-order valence-corrected chi connectivity index (χ0v) is 15.4. The fraction of sp³-hybridized carbons (Fsp3) is 0.842. The van der Waals surface area contributed by atoms with Crippen LogP contribution in [0.5, 0.6) is 0 Å². The van der Waals surface area contributed by atoms with Crippen LogP contribution in [-0.2, 0) is 14.3 Å². The van der Waals surface area contributed by atoms with E-state index < -0.39 is 0 Å². The van der Waals surface area contributed by atoms with Gasteiger partial charge in [-0.15, -0.1) is 0 Å². The molecular weight excluding hydrogens is 276 g/mol. The molecule has 0 aromatic heterocycles. The maximum atomic E-state index is 11.6. The van der Waals surface area contributed by atoms with Crippen molar-refractivity contribution in [2.45, 2.75) is 85.2 Å². The second kappa shape index (κ2) is 11.7. The predicted molar refractivity (Wildman–Crippen MR) is 93.0 cm³/mol. The standard InChI is InChI=1S/C19H36O3/c1-7-9-10-11-12-13-14-17(19(5,6)22-8-2)15-21-18(20)16(3)4/h17H,3,7-15H2,1-2,4-6H3. The molecule has 130 valence electrons. The molecule has 0 spiro atoms. The van der Waals surface area contributed by atoms with E-state index in [1.165, 1.54) is 32.1 Å². The van der Waals surface area contributed by atoms with Crippen LogP contribution in [0.2, 0.25) is 0 Å². The highest BCUT2D eigenvalue weighted by Gasteiger charge is 2.30. The lowest BCUT2D eigenvalue weighted by Gasteiger charge is -2.34. The van der Waals surface area contributed by atoms with E-state index in [2.05, 4.69) is 27.4 Å². The maximum absolute atomic E-state index is 11.6. The third kappa shape index (κ3) is 9.24. The number of unbranched alkanes of at least 4 members (excludes halogenated alkanes) is 5. The van der Waals surface area contributed by atoms with Crippen molar-refractivity contribution in [3.8, 4) is 0 Å². The van der Waals surface area contributed by atoms with Crippen molar-refractivity contribution in [3.05, 3.63) is 12.2 Å². The second-order valence-corrected chi connectivity index (χ2v) is 6.67. The van der Waals surface area contributed by atoms with Crippen LogP contribution in [0.15, 0.2) is 12.2 Å². The van der Waals surface area contributed by atoms with Gasteiger partial charge < -0.3 is 9.47 Å². The topological polar surface area (TPSA) is 35.5 Å². The van der Waals surface area contributed by atoms with E-state index in [0.717, 1.165) is 12.8 Å². The van der Waals surface area contributed by atoms with E-state index in [1.54, 1.807) is 6.92 Å². The van der Waals surface area contributed by atoms with Gasteiger partial charge in [-0.05, 0) is 34.1 Å². The molecule has 0 aliphatic heterocycles. The van der Waals surface area contributed by atoms with Crippen LogP contribution in [-0.4, -0.2) is 24.8 Å². The molecule has 0 heterocycles. The van der Waals surface area contributed by atoms with Gasteiger partial charge in [0.25, 0.3) is 0 Å². The molecule has 0 aliphatic rings. The molecule has 0 saturated carbocycles. The molecule has 0 fully saturated rings. The van der Waals surface area contributed by atoms with Gasteiger partial charge >= 0.3 is 5.97 Å². The summed E-state index contributed by atoms with van der Waals surface area (Å²) in [5.74, 6) is -0.0813. The number of hydrogen-bond donors (Lipinski definition) is 0. The van der Waals surface area contributed by atoms with E-state index in [1.807, 2.05) is 6.92 Å². The zero-order valence-electron chi connectivity index (χ0n) is 15.4. The highest BCUT2D eigenvalue weighted by molar-refractivity contribution is 5.86. The smallest absolute Gasteiger partial charge is 0.333 e. The van der Waals surface area contributed by atoms with Gasteiger partial charge in [0.2, 0.25) is 0 Å². The zero-order chi connectivity index (χ0) is 17.0. The first-order valence-electron chi connectivity index (χ1n) is 8.81. The molecular formula is C19H36O3. The number of hydrogen-bond acceptors (Lipinski definition) is 3. The molecule has 0 saturated heterocycles. The van der Waals surface area contributed by atoms with Gasteiger partial charge in [-0.1, -0.05) is 52.0 Å². The van der Waals surface area contributed by atoms with Crippen molar-refractivity contribution in [2.75, 3.05) is 13.2 Å². The van der Waals surface area contributed by atoms with Crippen molar-refractivity contribution in [2.24, 2.45) is 5.92 Å². The molecule has 1 unspecified atom stereocenters. The van der Waals surface area contributed by atoms with Crippen molar-refractivity contribution in [1.29, 1.82) is 0 Å². The van der Waals surface area contributed by atoms with E-state index in [4.69, 9.17) is 9.47 Å². The van der Waals surface area contributed by atoms with Gasteiger partial charge in [-0.25, -0.2) is 4.79 Å². The quantitative estimate of drug-likeness (QED) is 0.263. The first-order chi connectivity index (χ1) is 10.3. The van der Waals surface area contributed by atoms with Crippen LogP contribution >= 0.6 is 0 Å². The van der Waals surface area contributed by atoms with Gasteiger partial charge in [0.1, 0.15) is 0 Å². The molecule has 3 heteroatoms. The molecule has 0 aromatic carbocycles. The molecule has 0 aliphatic carbocycles. The minimum atomic E-state index is -0.305. The van der Waals surface area contributed by atoms with Crippen LogP contribution in [0.1, 0.15) is 79.6 Å². The monoisotopic (exact) mass is 312 g/mol. The largest absolute Gasteiger partial charge is 0.462 e. The van der Waals surface area contributed by atoms with E-state index in [0.29, 0.717) is 18.8 Å². The van der Waals surface area contributed by atoms with Gasteiger partial charge in [0, 0.05) is 18.1 Å². The summed E-state index contributed by atoms with van der Waals surface area (Å²) in [5, 5.41) is 0. The Morgan fingerprint density at radius 2 is 1.68 bits per heavy atom. The summed E-state index contributed by atoms with van der Waals surface area (Å²) in [5.41, 5.74) is 0.181. The Morgan fingerprint density at radius 1 is 1.09 bits per heavy atom. The van der Waals surface area contributed by atoms with E-state index >= 15 is 0 Å². The van der Waals surface area contributed by atoms with Crippen molar-refractivity contribution in [3.63, 3.8) is 0 Å². The molecule has 0 aromatic rings. The Morgan fingerprint density at radius 3 is 2.23 bits per heavy atom. The predicted octanol–water partition coefficient (Wildman–Crippen LogP) is 5.29. The number of esters is 1. The van der Waals surface area contributed by atoms with Crippen molar-refractivity contribution < 1.29 is 14.3 Å². The summed E-state index contributed by atoms with van der Waals surface area (Å²) in [7, 11) is 0. The van der Waals surface area contributed by atoms with Crippen LogP contribution in [0.25, 0.3) is 0 Å². The maximum Gasteiger partial charge on any atom is 0.333 e. The molecule has 1 atom stereocenters. The van der Waals surface area contributed by atoms with Crippen molar-refractivity contribution in [1.82, 2.24) is 0 Å². The summed E-state index contributed by atoms with van der Waals surface area (Å²) in [6, 6.07) is 0. The third-order valence-electron chi connectivity index (χ3n) is 4.17. The highest BCUT2D eigenvalue weighted by atomic mass is 16.5. The Labute approximate surface area is 137 Å². The number of rotatable bonds is 13. The highest BCUT2D eigenvalue weighted by Crippen LogP contribution is 2.27. The van der Waals surface area contributed by atoms with Gasteiger partial charge in [0.05, 0.1) is 12.2 Å². The Balaban J connectivity index is 4.34. The molecule has 0 N–H and O–H groups in total. The molecule has 0 rings (SSSR count). The van der Waals surface area contributed by atoms with E-state index in [9.17, 15) is 4.79 Å². The molecule has 0 bridgehead atoms. The van der Waals surface area contributed by atoms with Crippen LogP contribution in [0.4, 0.5) is 0 Å². The minimum absolute atomic E-state index is 0.224. The summed E-state index contributed by atoms with van der Waals surface area (Å²) < 4.78 is 11.2. The fourth-order valence-electron chi connectivity index (χ4n) is 2.59. The van der Waals surface area contributed by atoms with Crippen LogP contribution in [0.3, 0.4) is 0 Å². The normalized spacial score (nSPS) is 13.0. The number of carbonyl (C=O) groups excluding carboxylic acids is 1. The Bertz CT molecular complexity index is 321. The fourth-order valence-corrected chi connectivity index (χ4v) is 2.59. The summed E-state index contributed by atoms with van der Waals surface area (Å²) in [6.45, 7) is 14.8. The summed E-state index contributed by atoms with van der Waals surface area (Å²) >= 11 is 0. The van der Waals surface area contributed by atoms with Crippen molar-refractivity contribution >= 4 is 5.97 Å². The molecule has 22 heavy (non-hydrogen) atoms. The Kier molecular flexibility index (Phi) is 11.3. The summed E-state index contributed by atoms with van der Waals surface area (Å²) in [6.07, 6.45) is 8.65. The lowest BCUT2D eigenvalue weighted by molar-refractivity contribution is -0.145. The average molecular weight is 312 g/mol. The second-order valence-electron chi connectivity index (χ2n) is 6.67. The van der Waals surface area contributed by atoms with Crippen LogP contribution in [0, 0.1) is 5.92 Å². The average Bonchev–Trinajstić information content (AvgIpc) is 2.44. The first kappa shape index (κ1) is 21.2. The Hall–Kier alpha value is -0.830. The molecule has 0 radical (unpaired) electrons. The number of ether oxygens (including phenoxy) is 2. The molecule has 3 nitrogen and oxygen atoms in total. The van der Waals surface area contributed by atoms with Gasteiger partial charge in [-0.2, -0.15) is 0 Å². The SMILES string of the molecule is C=C(C)C(=O)OCC(CCCCCCCC)C(C)(C)OCC. The lowest BCUT2D eigenvalue weighted by atomic mass is 9.86. The van der Waals surface area contributed by atoms with Crippen LogP contribution < -0.4 is 0 Å². The third-order valence-corrected chi connectivity index (χ3v) is 4.17. The molecule has 0 amide bonds. The lowest BCUT2D eigenvalue weighted by Crippen LogP contribution is -2.38. The van der Waals surface area contributed by atoms with E-state index in [-0.39, 0.29) is 17.5 Å². The van der Waals surface area contributed by atoms with Gasteiger partial charge in [0.15, 0.2) is 0 Å².